The first-order valence-corrected chi connectivity index (χ1v) is 13.9. The van der Waals surface area contributed by atoms with Crippen molar-refractivity contribution in [3.05, 3.63) is 106 Å². The highest BCUT2D eigenvalue weighted by molar-refractivity contribution is 7.99. The summed E-state index contributed by atoms with van der Waals surface area (Å²) in [7, 11) is 0. The Kier molecular flexibility index (Phi) is 11.2. The molecule has 1 unspecified atom stereocenters. The molecule has 3 aromatic rings. The van der Waals surface area contributed by atoms with Gasteiger partial charge in [-0.05, 0) is 34.7 Å². The van der Waals surface area contributed by atoms with Gasteiger partial charge in [0.1, 0.15) is 6.04 Å². The van der Waals surface area contributed by atoms with Gasteiger partial charge in [0.05, 0.1) is 15.8 Å². The number of halogens is 2. The molecule has 0 aliphatic heterocycles. The van der Waals surface area contributed by atoms with Crippen LogP contribution in [-0.2, 0) is 28.3 Å². The minimum Gasteiger partial charge on any atom is -0.354 e. The normalized spacial score (nSPS) is 11.8. The van der Waals surface area contributed by atoms with Crippen LogP contribution in [0.25, 0.3) is 0 Å². The number of hydrogen-bond acceptors (Lipinski definition) is 3. The van der Waals surface area contributed by atoms with Crippen LogP contribution in [0.15, 0.2) is 78.9 Å². The summed E-state index contributed by atoms with van der Waals surface area (Å²) in [6.07, 6.45) is 0.445. The zero-order valence-electron chi connectivity index (χ0n) is 20.6. The molecule has 1 N–H and O–H groups in total. The number of carbonyl (C=O) groups is 2. The molecule has 0 heterocycles. The fourth-order valence-corrected chi connectivity index (χ4v) is 4.90. The summed E-state index contributed by atoms with van der Waals surface area (Å²) >= 11 is 13.7. The highest BCUT2D eigenvalue weighted by atomic mass is 35.5. The van der Waals surface area contributed by atoms with Gasteiger partial charge in [0.2, 0.25) is 11.8 Å². The van der Waals surface area contributed by atoms with Crippen LogP contribution in [0.1, 0.15) is 30.5 Å². The minimum absolute atomic E-state index is 0.0791. The lowest BCUT2D eigenvalue weighted by Crippen LogP contribution is -2.51. The van der Waals surface area contributed by atoms with Crippen molar-refractivity contribution < 1.29 is 9.59 Å². The van der Waals surface area contributed by atoms with E-state index in [2.05, 4.69) is 19.2 Å². The number of carbonyl (C=O) groups excluding carboxylic acids is 2. The Balaban J connectivity index is 1.81. The van der Waals surface area contributed by atoms with E-state index in [4.69, 9.17) is 23.2 Å². The number of nitrogens with zero attached hydrogens (tertiary/aromatic N) is 1. The Morgan fingerprint density at radius 3 is 2.11 bits per heavy atom. The molecule has 0 bridgehead atoms. The van der Waals surface area contributed by atoms with E-state index in [1.165, 1.54) is 11.8 Å². The molecule has 0 fully saturated rings. The quantitative estimate of drug-likeness (QED) is 0.279. The maximum absolute atomic E-state index is 13.6. The predicted octanol–water partition coefficient (Wildman–Crippen LogP) is 6.64. The molecule has 1 atom stereocenters. The van der Waals surface area contributed by atoms with Crippen molar-refractivity contribution in [2.24, 2.45) is 5.92 Å². The second-order valence-electron chi connectivity index (χ2n) is 9.09. The van der Waals surface area contributed by atoms with Crippen molar-refractivity contribution in [2.75, 3.05) is 12.3 Å². The van der Waals surface area contributed by atoms with Gasteiger partial charge in [-0.3, -0.25) is 9.59 Å². The van der Waals surface area contributed by atoms with Crippen molar-refractivity contribution in [3.63, 3.8) is 0 Å². The number of thioether (sulfide) groups is 1. The van der Waals surface area contributed by atoms with Crippen LogP contribution < -0.4 is 5.32 Å². The molecule has 0 aliphatic carbocycles. The second-order valence-corrected chi connectivity index (χ2v) is 10.9. The molecular weight excluding hydrogens is 511 g/mol. The maximum Gasteiger partial charge on any atom is 0.243 e. The summed E-state index contributed by atoms with van der Waals surface area (Å²) in [5.74, 6) is 0.961. The van der Waals surface area contributed by atoms with Gasteiger partial charge in [0.15, 0.2) is 0 Å². The van der Waals surface area contributed by atoms with Crippen LogP contribution in [0.5, 0.6) is 0 Å². The molecule has 190 valence electrons. The second kappa shape index (κ2) is 14.3. The molecule has 0 aromatic heterocycles. The Bertz CT molecular complexity index is 1130. The monoisotopic (exact) mass is 542 g/mol. The molecule has 7 heteroatoms. The number of hydrogen-bond donors (Lipinski definition) is 1. The van der Waals surface area contributed by atoms with E-state index in [1.807, 2.05) is 72.8 Å². The van der Waals surface area contributed by atoms with E-state index >= 15 is 0 Å². The van der Waals surface area contributed by atoms with Crippen molar-refractivity contribution in [1.29, 1.82) is 0 Å². The third-order valence-electron chi connectivity index (χ3n) is 5.63. The van der Waals surface area contributed by atoms with Crippen LogP contribution in [0, 0.1) is 5.92 Å². The Morgan fingerprint density at radius 2 is 1.50 bits per heavy atom. The lowest BCUT2D eigenvalue weighted by atomic mass is 10.0. The van der Waals surface area contributed by atoms with E-state index in [0.29, 0.717) is 41.2 Å². The SMILES string of the molecule is CC(C)CNC(=O)C(Cc1ccccc1)N(Cc1ccccc1)C(=O)CSCc1ccc(Cl)c(Cl)c1. The van der Waals surface area contributed by atoms with Gasteiger partial charge >= 0.3 is 0 Å². The van der Waals surface area contributed by atoms with Gasteiger partial charge < -0.3 is 10.2 Å². The number of rotatable bonds is 12. The Hall–Kier alpha value is -2.47. The summed E-state index contributed by atoms with van der Waals surface area (Å²) in [5.41, 5.74) is 2.99. The van der Waals surface area contributed by atoms with E-state index in [-0.39, 0.29) is 17.6 Å². The number of benzene rings is 3. The van der Waals surface area contributed by atoms with Gasteiger partial charge in [-0.15, -0.1) is 11.8 Å². The molecule has 3 rings (SSSR count). The largest absolute Gasteiger partial charge is 0.354 e. The fraction of sp³-hybridized carbons (Fsp3) is 0.310. The van der Waals surface area contributed by atoms with Gasteiger partial charge in [-0.1, -0.05) is 104 Å². The first-order valence-electron chi connectivity index (χ1n) is 12.0. The average Bonchev–Trinajstić information content (AvgIpc) is 2.88. The fourth-order valence-electron chi connectivity index (χ4n) is 3.73. The van der Waals surface area contributed by atoms with Crippen molar-refractivity contribution >= 4 is 46.8 Å². The van der Waals surface area contributed by atoms with E-state index < -0.39 is 6.04 Å². The zero-order valence-corrected chi connectivity index (χ0v) is 23.0. The van der Waals surface area contributed by atoms with Crippen molar-refractivity contribution in [2.45, 2.75) is 38.6 Å². The summed E-state index contributed by atoms with van der Waals surface area (Å²) < 4.78 is 0. The third-order valence-corrected chi connectivity index (χ3v) is 7.36. The standard InChI is InChI=1S/C29H32Cl2N2O2S/c1-21(2)17-32-29(35)27(16-22-9-5-3-6-10-22)33(18-23-11-7-4-8-12-23)28(34)20-36-19-24-13-14-25(30)26(31)15-24/h3-15,21,27H,16-20H2,1-2H3,(H,32,35). The predicted molar refractivity (Wildman–Crippen MR) is 151 cm³/mol. The van der Waals surface area contributed by atoms with E-state index in [0.717, 1.165) is 16.7 Å². The smallest absolute Gasteiger partial charge is 0.243 e. The summed E-state index contributed by atoms with van der Waals surface area (Å²) in [5, 5.41) is 4.05. The summed E-state index contributed by atoms with van der Waals surface area (Å²) in [4.78, 5) is 28.7. The van der Waals surface area contributed by atoms with Crippen LogP contribution >= 0.6 is 35.0 Å². The average molecular weight is 544 g/mol. The summed E-state index contributed by atoms with van der Waals surface area (Å²) in [6, 6.07) is 24.5. The minimum atomic E-state index is -0.621. The first kappa shape index (κ1) is 28.1. The number of amides is 2. The molecule has 0 saturated heterocycles. The van der Waals surface area contributed by atoms with Crippen LogP contribution in [0.2, 0.25) is 10.0 Å². The molecule has 36 heavy (non-hydrogen) atoms. The van der Waals surface area contributed by atoms with E-state index in [1.54, 1.807) is 11.0 Å². The molecule has 0 spiro atoms. The van der Waals surface area contributed by atoms with Gasteiger partial charge in [0, 0.05) is 25.3 Å². The van der Waals surface area contributed by atoms with Crippen LogP contribution in [-0.4, -0.2) is 35.1 Å². The molecule has 0 saturated carbocycles. The van der Waals surface area contributed by atoms with Crippen molar-refractivity contribution in [1.82, 2.24) is 10.2 Å². The Labute approximate surface area is 228 Å². The topological polar surface area (TPSA) is 49.4 Å². The highest BCUT2D eigenvalue weighted by Crippen LogP contribution is 2.25. The van der Waals surface area contributed by atoms with Gasteiger partial charge in [-0.2, -0.15) is 0 Å². The highest BCUT2D eigenvalue weighted by Gasteiger charge is 2.30. The zero-order chi connectivity index (χ0) is 25.9. The van der Waals surface area contributed by atoms with Crippen LogP contribution in [0.3, 0.4) is 0 Å². The lowest BCUT2D eigenvalue weighted by molar-refractivity contribution is -0.139. The van der Waals surface area contributed by atoms with Gasteiger partial charge in [-0.25, -0.2) is 0 Å². The number of nitrogens with one attached hydrogen (secondary N) is 1. The Morgan fingerprint density at radius 1 is 0.861 bits per heavy atom. The van der Waals surface area contributed by atoms with Gasteiger partial charge in [0.25, 0.3) is 0 Å². The third kappa shape index (κ3) is 8.88. The molecule has 2 amide bonds. The summed E-state index contributed by atoms with van der Waals surface area (Å²) in [6.45, 7) is 5.03. The maximum atomic E-state index is 13.6. The van der Waals surface area contributed by atoms with Crippen molar-refractivity contribution in [3.8, 4) is 0 Å². The molecule has 0 aliphatic rings. The molecular formula is C29H32Cl2N2O2S. The molecule has 0 radical (unpaired) electrons. The van der Waals surface area contributed by atoms with E-state index in [9.17, 15) is 9.59 Å². The molecule has 4 nitrogen and oxygen atoms in total. The molecule has 3 aromatic carbocycles. The van der Waals surface area contributed by atoms with Crippen LogP contribution in [0.4, 0.5) is 0 Å². The lowest BCUT2D eigenvalue weighted by Gasteiger charge is -2.31. The first-order chi connectivity index (χ1) is 17.3.